The summed E-state index contributed by atoms with van der Waals surface area (Å²) in [4.78, 5) is 0. The van der Waals surface area contributed by atoms with Gasteiger partial charge in [0.1, 0.15) is 0 Å². The van der Waals surface area contributed by atoms with E-state index in [0.29, 0.717) is 5.03 Å². The van der Waals surface area contributed by atoms with E-state index in [2.05, 4.69) is 0 Å². The van der Waals surface area contributed by atoms with E-state index in [1.165, 1.54) is 0 Å². The number of aliphatic hydroxyl groups excluding tert-OH is 1. The first-order chi connectivity index (χ1) is 4.72. The molecule has 0 radical (unpaired) electrons. The maximum absolute atomic E-state index is 9.17. The zero-order chi connectivity index (χ0) is 7.56. The first kappa shape index (κ1) is 7.83. The van der Waals surface area contributed by atoms with Gasteiger partial charge < -0.3 is 5.11 Å². The van der Waals surface area contributed by atoms with E-state index in [-0.39, 0.29) is 0 Å². The molecule has 1 atom stereocenters. The van der Waals surface area contributed by atoms with Crippen molar-refractivity contribution < 1.29 is 5.11 Å². The average Bonchev–Trinajstić information content (AvgIpc) is 1.88. The van der Waals surface area contributed by atoms with Crippen LogP contribution < -0.4 is 0 Å². The molecule has 1 aliphatic rings. The van der Waals surface area contributed by atoms with Crippen molar-refractivity contribution >= 4 is 11.6 Å². The molecule has 1 aliphatic carbocycles. The number of hydrogen-bond donors (Lipinski definition) is 1. The van der Waals surface area contributed by atoms with Crippen LogP contribution in [0.3, 0.4) is 0 Å². The van der Waals surface area contributed by atoms with E-state index in [1.54, 1.807) is 6.92 Å². The summed E-state index contributed by atoms with van der Waals surface area (Å²) in [7, 11) is 0. The SMILES string of the molecule is CC(O)C1=C(Cl)C=CCC1. The van der Waals surface area contributed by atoms with Crippen LogP contribution in [-0.2, 0) is 0 Å². The van der Waals surface area contributed by atoms with Crippen LogP contribution in [0, 0.1) is 0 Å². The summed E-state index contributed by atoms with van der Waals surface area (Å²) < 4.78 is 0. The highest BCUT2D eigenvalue weighted by molar-refractivity contribution is 6.31. The third-order valence-corrected chi connectivity index (χ3v) is 2.02. The second kappa shape index (κ2) is 3.22. The highest BCUT2D eigenvalue weighted by Gasteiger charge is 2.10. The van der Waals surface area contributed by atoms with Gasteiger partial charge in [0.2, 0.25) is 0 Å². The van der Waals surface area contributed by atoms with Gasteiger partial charge in [0.25, 0.3) is 0 Å². The third kappa shape index (κ3) is 1.61. The van der Waals surface area contributed by atoms with Crippen molar-refractivity contribution in [2.45, 2.75) is 25.9 Å². The van der Waals surface area contributed by atoms with Crippen LogP contribution in [0.5, 0.6) is 0 Å². The van der Waals surface area contributed by atoms with E-state index in [1.807, 2.05) is 12.2 Å². The maximum atomic E-state index is 9.17. The van der Waals surface area contributed by atoms with Crippen LogP contribution in [0.1, 0.15) is 19.8 Å². The second-order valence-corrected chi connectivity index (χ2v) is 2.90. The van der Waals surface area contributed by atoms with Gasteiger partial charge in [0.05, 0.1) is 6.10 Å². The molecule has 1 rings (SSSR count). The van der Waals surface area contributed by atoms with Gasteiger partial charge in [-0.05, 0) is 31.4 Å². The topological polar surface area (TPSA) is 20.2 Å². The van der Waals surface area contributed by atoms with Crippen molar-refractivity contribution in [2.24, 2.45) is 0 Å². The van der Waals surface area contributed by atoms with Gasteiger partial charge in [-0.2, -0.15) is 0 Å². The molecule has 0 saturated heterocycles. The lowest BCUT2D eigenvalue weighted by Crippen LogP contribution is -2.07. The number of halogens is 1. The number of aliphatic hydroxyl groups is 1. The van der Waals surface area contributed by atoms with Gasteiger partial charge in [0, 0.05) is 5.03 Å². The zero-order valence-electron chi connectivity index (χ0n) is 5.97. The third-order valence-electron chi connectivity index (χ3n) is 1.66. The Morgan fingerprint density at radius 3 is 2.80 bits per heavy atom. The number of hydrogen-bond acceptors (Lipinski definition) is 1. The highest BCUT2D eigenvalue weighted by Crippen LogP contribution is 2.24. The fourth-order valence-electron chi connectivity index (χ4n) is 1.06. The fourth-order valence-corrected chi connectivity index (χ4v) is 1.40. The molecular formula is C8H11ClO. The molecule has 10 heavy (non-hydrogen) atoms. The van der Waals surface area contributed by atoms with E-state index in [9.17, 15) is 5.11 Å². The van der Waals surface area contributed by atoms with Crippen molar-refractivity contribution in [1.82, 2.24) is 0 Å². The summed E-state index contributed by atoms with van der Waals surface area (Å²) in [5.41, 5.74) is 0.962. The van der Waals surface area contributed by atoms with Crippen molar-refractivity contribution in [3.8, 4) is 0 Å². The van der Waals surface area contributed by atoms with Gasteiger partial charge in [0.15, 0.2) is 0 Å². The maximum Gasteiger partial charge on any atom is 0.0739 e. The summed E-state index contributed by atoms with van der Waals surface area (Å²) >= 11 is 5.81. The van der Waals surface area contributed by atoms with Crippen molar-refractivity contribution in [2.75, 3.05) is 0 Å². The van der Waals surface area contributed by atoms with Crippen LogP contribution in [0.4, 0.5) is 0 Å². The van der Waals surface area contributed by atoms with Crippen LogP contribution in [-0.4, -0.2) is 11.2 Å². The van der Waals surface area contributed by atoms with Crippen molar-refractivity contribution in [1.29, 1.82) is 0 Å². The van der Waals surface area contributed by atoms with Gasteiger partial charge in [-0.25, -0.2) is 0 Å². The van der Waals surface area contributed by atoms with Gasteiger partial charge in [-0.15, -0.1) is 0 Å². The minimum absolute atomic E-state index is 0.391. The molecule has 2 heteroatoms. The molecule has 0 heterocycles. The van der Waals surface area contributed by atoms with Crippen LogP contribution >= 0.6 is 11.6 Å². The first-order valence-electron chi connectivity index (χ1n) is 3.45. The van der Waals surface area contributed by atoms with E-state index < -0.39 is 6.10 Å². The predicted molar refractivity (Wildman–Crippen MR) is 42.9 cm³/mol. The first-order valence-corrected chi connectivity index (χ1v) is 3.82. The Kier molecular flexibility index (Phi) is 2.52. The molecule has 1 N–H and O–H groups in total. The number of rotatable bonds is 1. The largest absolute Gasteiger partial charge is 0.389 e. The van der Waals surface area contributed by atoms with Gasteiger partial charge >= 0.3 is 0 Å². The molecule has 0 spiro atoms. The Hall–Kier alpha value is -0.270. The van der Waals surface area contributed by atoms with Crippen LogP contribution in [0.2, 0.25) is 0 Å². The van der Waals surface area contributed by atoms with Crippen molar-refractivity contribution in [3.05, 3.63) is 22.8 Å². The molecule has 1 unspecified atom stereocenters. The lowest BCUT2D eigenvalue weighted by atomic mass is 10.0. The van der Waals surface area contributed by atoms with Gasteiger partial charge in [-0.1, -0.05) is 17.7 Å². The number of allylic oxidation sites excluding steroid dienone is 3. The second-order valence-electron chi connectivity index (χ2n) is 2.49. The van der Waals surface area contributed by atoms with Crippen molar-refractivity contribution in [3.63, 3.8) is 0 Å². The van der Waals surface area contributed by atoms with Crippen LogP contribution in [0.25, 0.3) is 0 Å². The molecule has 0 aromatic heterocycles. The Bertz CT molecular complexity index is 180. The average molecular weight is 159 g/mol. The summed E-state index contributed by atoms with van der Waals surface area (Å²) in [6.45, 7) is 1.75. The Morgan fingerprint density at radius 2 is 2.40 bits per heavy atom. The molecule has 1 nitrogen and oxygen atoms in total. The quantitative estimate of drug-likeness (QED) is 0.621. The summed E-state index contributed by atoms with van der Waals surface area (Å²) in [5.74, 6) is 0. The molecule has 0 saturated carbocycles. The lowest BCUT2D eigenvalue weighted by molar-refractivity contribution is 0.226. The normalized spacial score (nSPS) is 21.5. The van der Waals surface area contributed by atoms with Gasteiger partial charge in [-0.3, -0.25) is 0 Å². The minimum Gasteiger partial charge on any atom is -0.389 e. The zero-order valence-corrected chi connectivity index (χ0v) is 6.73. The molecule has 0 aromatic carbocycles. The Morgan fingerprint density at radius 1 is 1.70 bits per heavy atom. The molecule has 0 bridgehead atoms. The fraction of sp³-hybridized carbons (Fsp3) is 0.500. The highest BCUT2D eigenvalue weighted by atomic mass is 35.5. The Balaban J connectivity index is 2.79. The molecule has 0 amide bonds. The Labute approximate surface area is 66.0 Å². The lowest BCUT2D eigenvalue weighted by Gasteiger charge is -2.13. The molecule has 0 aliphatic heterocycles. The van der Waals surface area contributed by atoms with E-state index in [4.69, 9.17) is 11.6 Å². The summed E-state index contributed by atoms with van der Waals surface area (Å²) in [5, 5.41) is 9.88. The van der Waals surface area contributed by atoms with E-state index in [0.717, 1.165) is 18.4 Å². The smallest absolute Gasteiger partial charge is 0.0739 e. The van der Waals surface area contributed by atoms with E-state index >= 15 is 0 Å². The standard InChI is InChI=1S/C8H11ClO/c1-6(10)7-4-2-3-5-8(7)9/h3,5-6,10H,2,4H2,1H3. The minimum atomic E-state index is -0.391. The summed E-state index contributed by atoms with van der Waals surface area (Å²) in [6, 6.07) is 0. The summed E-state index contributed by atoms with van der Waals surface area (Å²) in [6.07, 6.45) is 5.38. The molecule has 0 fully saturated rings. The predicted octanol–water partition coefficient (Wildman–Crippen LogP) is 2.21. The molecule has 56 valence electrons. The molecule has 0 aromatic rings. The van der Waals surface area contributed by atoms with Crippen LogP contribution in [0.15, 0.2) is 22.8 Å². The molecular weight excluding hydrogens is 148 g/mol. The monoisotopic (exact) mass is 158 g/mol.